The number of nitriles is 1. The lowest BCUT2D eigenvalue weighted by Gasteiger charge is -2.03. The fourth-order valence-electron chi connectivity index (χ4n) is 1.84. The molecule has 5 heteroatoms. The first-order valence-corrected chi connectivity index (χ1v) is 6.06. The minimum atomic E-state index is -0.480. The average Bonchev–Trinajstić information content (AvgIpc) is 2.86. The number of likely N-dealkylation sites (N-methyl/N-ethyl adjacent to an activating group) is 1. The molecule has 0 spiro atoms. The second-order valence-corrected chi connectivity index (χ2v) is 4.32. The lowest BCUT2D eigenvalue weighted by atomic mass is 10.1. The van der Waals surface area contributed by atoms with Gasteiger partial charge in [-0.05, 0) is 24.7 Å². The second kappa shape index (κ2) is 6.12. The van der Waals surface area contributed by atoms with E-state index in [-0.39, 0.29) is 5.56 Å². The highest BCUT2D eigenvalue weighted by Crippen LogP contribution is 2.11. The van der Waals surface area contributed by atoms with E-state index in [0.29, 0.717) is 6.54 Å². The first kappa shape index (κ1) is 13.2. The lowest BCUT2D eigenvalue weighted by molar-refractivity contribution is 0.622. The fraction of sp³-hybridized carbons (Fsp3) is 0.286. The van der Waals surface area contributed by atoms with Crippen LogP contribution >= 0.6 is 0 Å². The largest absolute Gasteiger partial charge is 0.333 e. The number of aromatic nitrogens is 2. The van der Waals surface area contributed by atoms with Crippen molar-refractivity contribution in [2.45, 2.75) is 13.0 Å². The van der Waals surface area contributed by atoms with E-state index in [1.165, 1.54) is 6.07 Å². The Labute approximate surface area is 111 Å². The molecule has 0 atom stereocenters. The van der Waals surface area contributed by atoms with Crippen molar-refractivity contribution in [3.8, 4) is 6.07 Å². The molecule has 1 aromatic heterocycles. The number of hydrogen-bond donors (Lipinski definition) is 1. The van der Waals surface area contributed by atoms with E-state index < -0.39 is 5.82 Å². The van der Waals surface area contributed by atoms with Gasteiger partial charge in [-0.2, -0.15) is 5.26 Å². The summed E-state index contributed by atoms with van der Waals surface area (Å²) >= 11 is 0. The average molecular weight is 258 g/mol. The molecule has 0 aliphatic carbocycles. The summed E-state index contributed by atoms with van der Waals surface area (Å²) in [6.07, 6.45) is 4.59. The molecule has 4 nitrogen and oxygen atoms in total. The maximum atomic E-state index is 13.2. The van der Waals surface area contributed by atoms with Gasteiger partial charge in [-0.15, -0.1) is 0 Å². The topological polar surface area (TPSA) is 53.6 Å². The molecule has 0 aliphatic rings. The van der Waals surface area contributed by atoms with Crippen molar-refractivity contribution in [2.75, 3.05) is 13.6 Å². The van der Waals surface area contributed by atoms with Gasteiger partial charge in [0.1, 0.15) is 11.9 Å². The van der Waals surface area contributed by atoms with Crippen LogP contribution in [0.2, 0.25) is 0 Å². The third-order valence-corrected chi connectivity index (χ3v) is 2.83. The van der Waals surface area contributed by atoms with Crippen molar-refractivity contribution in [3.05, 3.63) is 53.4 Å². The normalized spacial score (nSPS) is 10.4. The van der Waals surface area contributed by atoms with Crippen LogP contribution in [-0.2, 0) is 13.0 Å². The predicted octanol–water partition coefficient (Wildman–Crippen LogP) is 1.70. The van der Waals surface area contributed by atoms with Gasteiger partial charge in [0.15, 0.2) is 0 Å². The van der Waals surface area contributed by atoms with Gasteiger partial charge in [0.2, 0.25) is 0 Å². The zero-order valence-corrected chi connectivity index (χ0v) is 10.7. The van der Waals surface area contributed by atoms with Gasteiger partial charge >= 0.3 is 0 Å². The van der Waals surface area contributed by atoms with Gasteiger partial charge in [0.05, 0.1) is 17.6 Å². The highest BCUT2D eigenvalue weighted by atomic mass is 19.1. The van der Waals surface area contributed by atoms with Gasteiger partial charge in [-0.25, -0.2) is 9.37 Å². The van der Waals surface area contributed by atoms with Crippen molar-refractivity contribution in [1.29, 1.82) is 5.26 Å². The summed E-state index contributed by atoms with van der Waals surface area (Å²) in [4.78, 5) is 4.29. The molecular formula is C14H15FN4. The molecule has 98 valence electrons. The quantitative estimate of drug-likeness (QED) is 0.888. The maximum absolute atomic E-state index is 13.2. The van der Waals surface area contributed by atoms with Crippen LogP contribution in [-0.4, -0.2) is 23.1 Å². The Bertz CT molecular complexity index is 598. The molecule has 0 aliphatic heterocycles. The monoisotopic (exact) mass is 258 g/mol. The molecule has 0 amide bonds. The van der Waals surface area contributed by atoms with Crippen LogP contribution < -0.4 is 5.32 Å². The van der Waals surface area contributed by atoms with E-state index in [1.54, 1.807) is 18.5 Å². The minimum Gasteiger partial charge on any atom is -0.333 e. The summed E-state index contributed by atoms with van der Waals surface area (Å²) < 4.78 is 15.1. The molecule has 2 rings (SSSR count). The molecule has 0 bridgehead atoms. The number of nitrogens with zero attached hydrogens (tertiary/aromatic N) is 3. The minimum absolute atomic E-state index is 0.0769. The van der Waals surface area contributed by atoms with Crippen LogP contribution in [0.3, 0.4) is 0 Å². The van der Waals surface area contributed by atoms with Gasteiger partial charge in [0, 0.05) is 25.7 Å². The second-order valence-electron chi connectivity index (χ2n) is 4.32. The summed E-state index contributed by atoms with van der Waals surface area (Å²) in [6.45, 7) is 1.47. The Hall–Kier alpha value is -2.19. The van der Waals surface area contributed by atoms with Crippen molar-refractivity contribution < 1.29 is 4.39 Å². The van der Waals surface area contributed by atoms with Gasteiger partial charge in [-0.1, -0.05) is 6.07 Å². The first-order chi connectivity index (χ1) is 9.22. The van der Waals surface area contributed by atoms with E-state index >= 15 is 0 Å². The molecule has 1 heterocycles. The number of rotatable bonds is 5. The number of imidazole rings is 1. The first-order valence-electron chi connectivity index (χ1n) is 6.06. The molecule has 2 aromatic rings. The van der Waals surface area contributed by atoms with E-state index in [4.69, 9.17) is 5.26 Å². The van der Waals surface area contributed by atoms with Gasteiger partial charge < -0.3 is 9.88 Å². The van der Waals surface area contributed by atoms with Crippen LogP contribution in [0, 0.1) is 17.1 Å². The molecular weight excluding hydrogens is 243 g/mol. The van der Waals surface area contributed by atoms with Crippen LogP contribution in [0.5, 0.6) is 0 Å². The number of halogens is 1. The van der Waals surface area contributed by atoms with Crippen LogP contribution in [0.4, 0.5) is 4.39 Å². The Morgan fingerprint density at radius 3 is 3.05 bits per heavy atom. The van der Waals surface area contributed by atoms with Crippen molar-refractivity contribution >= 4 is 0 Å². The highest BCUT2D eigenvalue weighted by molar-refractivity contribution is 5.34. The summed E-state index contributed by atoms with van der Waals surface area (Å²) in [7, 11) is 1.90. The van der Waals surface area contributed by atoms with E-state index in [2.05, 4.69) is 10.3 Å². The van der Waals surface area contributed by atoms with Gasteiger partial charge in [0.25, 0.3) is 0 Å². The van der Waals surface area contributed by atoms with E-state index in [0.717, 1.165) is 24.2 Å². The van der Waals surface area contributed by atoms with E-state index in [1.807, 2.05) is 23.9 Å². The Morgan fingerprint density at radius 1 is 1.47 bits per heavy atom. The number of nitrogens with one attached hydrogen (secondary N) is 1. The van der Waals surface area contributed by atoms with Crippen molar-refractivity contribution in [2.24, 2.45) is 0 Å². The Kier molecular flexibility index (Phi) is 4.26. The predicted molar refractivity (Wildman–Crippen MR) is 70.1 cm³/mol. The number of hydrogen-bond acceptors (Lipinski definition) is 3. The Balaban J connectivity index is 2.09. The molecule has 0 radical (unpaired) electrons. The summed E-state index contributed by atoms with van der Waals surface area (Å²) in [5.41, 5.74) is 1.97. The van der Waals surface area contributed by atoms with E-state index in [9.17, 15) is 4.39 Å². The zero-order chi connectivity index (χ0) is 13.7. The molecule has 19 heavy (non-hydrogen) atoms. The standard InChI is InChI=1S/C14H15FN4/c1-17-5-4-13-9-19(10-18-13)8-11-2-3-14(15)12(6-11)7-16/h2-3,6,9-10,17H,4-5,8H2,1H3. The summed E-state index contributed by atoms with van der Waals surface area (Å²) in [6, 6.07) is 6.43. The summed E-state index contributed by atoms with van der Waals surface area (Å²) in [5, 5.41) is 11.9. The zero-order valence-electron chi connectivity index (χ0n) is 10.7. The van der Waals surface area contributed by atoms with Crippen molar-refractivity contribution in [1.82, 2.24) is 14.9 Å². The fourth-order valence-corrected chi connectivity index (χ4v) is 1.84. The van der Waals surface area contributed by atoms with Crippen molar-refractivity contribution in [3.63, 3.8) is 0 Å². The third kappa shape index (κ3) is 3.39. The summed E-state index contributed by atoms with van der Waals surface area (Å²) in [5.74, 6) is -0.480. The van der Waals surface area contributed by atoms with Crippen LogP contribution in [0.15, 0.2) is 30.7 Å². The molecule has 0 saturated carbocycles. The third-order valence-electron chi connectivity index (χ3n) is 2.83. The Morgan fingerprint density at radius 2 is 2.32 bits per heavy atom. The molecule has 0 fully saturated rings. The number of benzene rings is 1. The molecule has 1 N–H and O–H groups in total. The molecule has 0 unspecified atom stereocenters. The smallest absolute Gasteiger partial charge is 0.140 e. The molecule has 0 saturated heterocycles. The molecule has 1 aromatic carbocycles. The van der Waals surface area contributed by atoms with Crippen LogP contribution in [0.1, 0.15) is 16.8 Å². The maximum Gasteiger partial charge on any atom is 0.140 e. The van der Waals surface area contributed by atoms with Gasteiger partial charge in [-0.3, -0.25) is 0 Å². The SMILES string of the molecule is CNCCc1cn(Cc2ccc(F)c(C#N)c2)cn1. The lowest BCUT2D eigenvalue weighted by Crippen LogP contribution is -2.10. The van der Waals surface area contributed by atoms with Crippen LogP contribution in [0.25, 0.3) is 0 Å². The highest BCUT2D eigenvalue weighted by Gasteiger charge is 2.04.